The van der Waals surface area contributed by atoms with Gasteiger partial charge in [0.15, 0.2) is 0 Å². The minimum atomic E-state index is -0.598. The fourth-order valence-corrected chi connectivity index (χ4v) is 1.81. The van der Waals surface area contributed by atoms with Gasteiger partial charge in [-0.25, -0.2) is 4.98 Å². The molecule has 5 heteroatoms. The maximum absolute atomic E-state index is 12.2. The first-order chi connectivity index (χ1) is 8.83. The van der Waals surface area contributed by atoms with Gasteiger partial charge in [-0.2, -0.15) is 0 Å². The second kappa shape index (κ2) is 6.02. The first kappa shape index (κ1) is 15.4. The third-order valence-electron chi connectivity index (χ3n) is 2.97. The van der Waals surface area contributed by atoms with Crippen molar-refractivity contribution < 1.29 is 9.53 Å². The van der Waals surface area contributed by atoms with Crippen molar-refractivity contribution in [2.75, 3.05) is 21.2 Å². The lowest BCUT2D eigenvalue weighted by Crippen LogP contribution is -2.32. The van der Waals surface area contributed by atoms with Gasteiger partial charge in [-0.3, -0.25) is 9.36 Å². The number of ketones is 1. The molecule has 0 aliphatic rings. The van der Waals surface area contributed by atoms with E-state index in [4.69, 9.17) is 4.74 Å². The molecule has 1 heterocycles. The van der Waals surface area contributed by atoms with Gasteiger partial charge in [0.2, 0.25) is 5.78 Å². The van der Waals surface area contributed by atoms with Crippen LogP contribution < -0.4 is 0 Å². The highest BCUT2D eigenvalue weighted by Crippen LogP contribution is 2.22. The summed E-state index contributed by atoms with van der Waals surface area (Å²) in [6.07, 6.45) is 5.63. The van der Waals surface area contributed by atoms with Crippen molar-refractivity contribution in [3.8, 4) is 0 Å². The summed E-state index contributed by atoms with van der Waals surface area (Å²) in [5.41, 5.74) is -0.0551. The van der Waals surface area contributed by atoms with Crippen molar-refractivity contribution in [2.24, 2.45) is 0 Å². The number of carbonyl (C=O) groups excluding carboxylic acids is 1. The minimum absolute atomic E-state index is 0.0778. The van der Waals surface area contributed by atoms with Crippen LogP contribution >= 0.6 is 0 Å². The summed E-state index contributed by atoms with van der Waals surface area (Å²) in [6.45, 7) is 5.84. The van der Waals surface area contributed by atoms with Gasteiger partial charge in [0, 0.05) is 39.9 Å². The van der Waals surface area contributed by atoms with Gasteiger partial charge in [-0.15, -0.1) is 0 Å². The zero-order valence-corrected chi connectivity index (χ0v) is 12.6. The standard InChI is InChI=1S/C14H23N3O2/c1-7-13-15-10-11(12(18)8-9-16(4)5)17(13)14(2,3)19-6/h8-10H,7H2,1-6H3. The lowest BCUT2D eigenvalue weighted by Gasteiger charge is -2.28. The van der Waals surface area contributed by atoms with Crippen LogP contribution in [0.5, 0.6) is 0 Å². The number of ether oxygens (including phenoxy) is 1. The summed E-state index contributed by atoms with van der Waals surface area (Å²) in [4.78, 5) is 18.4. The van der Waals surface area contributed by atoms with Crippen molar-refractivity contribution in [1.29, 1.82) is 0 Å². The van der Waals surface area contributed by atoms with Crippen LogP contribution in [-0.4, -0.2) is 41.4 Å². The molecule has 0 amide bonds. The van der Waals surface area contributed by atoms with Crippen LogP contribution in [0, 0.1) is 0 Å². The van der Waals surface area contributed by atoms with E-state index in [2.05, 4.69) is 4.98 Å². The maximum atomic E-state index is 12.2. The Balaban J connectivity index is 3.22. The molecule has 106 valence electrons. The molecule has 0 fully saturated rings. The highest BCUT2D eigenvalue weighted by atomic mass is 16.5. The van der Waals surface area contributed by atoms with Crippen LogP contribution in [0.1, 0.15) is 37.1 Å². The number of carbonyl (C=O) groups is 1. The lowest BCUT2D eigenvalue weighted by atomic mass is 10.2. The maximum Gasteiger partial charge on any atom is 0.205 e. The number of nitrogens with zero attached hydrogens (tertiary/aromatic N) is 3. The molecule has 0 aliphatic carbocycles. The van der Waals surface area contributed by atoms with Crippen molar-refractivity contribution in [3.63, 3.8) is 0 Å². The Morgan fingerprint density at radius 2 is 2.16 bits per heavy atom. The Hall–Kier alpha value is -1.62. The first-order valence-electron chi connectivity index (χ1n) is 6.34. The summed E-state index contributed by atoms with van der Waals surface area (Å²) in [6, 6.07) is 0. The third kappa shape index (κ3) is 3.44. The third-order valence-corrected chi connectivity index (χ3v) is 2.97. The van der Waals surface area contributed by atoms with Gasteiger partial charge in [-0.05, 0) is 13.8 Å². The number of hydrogen-bond donors (Lipinski definition) is 0. The Bertz CT molecular complexity index is 473. The van der Waals surface area contributed by atoms with Crippen molar-refractivity contribution in [1.82, 2.24) is 14.5 Å². The van der Waals surface area contributed by atoms with Gasteiger partial charge < -0.3 is 9.64 Å². The van der Waals surface area contributed by atoms with E-state index in [1.165, 1.54) is 0 Å². The Labute approximate surface area is 114 Å². The number of aromatic nitrogens is 2. The van der Waals surface area contributed by atoms with E-state index < -0.39 is 5.72 Å². The summed E-state index contributed by atoms with van der Waals surface area (Å²) in [5, 5.41) is 0. The summed E-state index contributed by atoms with van der Waals surface area (Å²) in [7, 11) is 5.37. The topological polar surface area (TPSA) is 47.4 Å². The van der Waals surface area contributed by atoms with Crippen LogP contribution in [0.15, 0.2) is 18.5 Å². The Kier molecular flexibility index (Phi) is 4.89. The predicted molar refractivity (Wildman–Crippen MR) is 75.1 cm³/mol. The molecule has 19 heavy (non-hydrogen) atoms. The molecule has 5 nitrogen and oxygen atoms in total. The summed E-state index contributed by atoms with van der Waals surface area (Å²) < 4.78 is 7.33. The Morgan fingerprint density at radius 1 is 1.53 bits per heavy atom. The molecular weight excluding hydrogens is 242 g/mol. The average Bonchev–Trinajstić information content (AvgIpc) is 2.80. The number of hydrogen-bond acceptors (Lipinski definition) is 4. The predicted octanol–water partition coefficient (Wildman–Crippen LogP) is 2.04. The average molecular weight is 265 g/mol. The number of imidazole rings is 1. The molecule has 0 N–H and O–H groups in total. The quantitative estimate of drug-likeness (QED) is 0.583. The molecule has 1 rings (SSSR count). The number of methoxy groups -OCH3 is 1. The monoisotopic (exact) mass is 265 g/mol. The van der Waals surface area contributed by atoms with Gasteiger partial charge in [-0.1, -0.05) is 6.92 Å². The molecule has 0 spiro atoms. The van der Waals surface area contributed by atoms with Gasteiger partial charge in [0.05, 0.1) is 6.20 Å². The van der Waals surface area contributed by atoms with Crippen molar-refractivity contribution in [3.05, 3.63) is 30.0 Å². The molecule has 0 saturated heterocycles. The van der Waals surface area contributed by atoms with E-state index in [0.29, 0.717) is 5.69 Å². The smallest absolute Gasteiger partial charge is 0.205 e. The molecule has 0 aliphatic heterocycles. The highest BCUT2D eigenvalue weighted by Gasteiger charge is 2.27. The molecule has 1 aromatic rings. The largest absolute Gasteiger partial charge is 0.383 e. The number of allylic oxidation sites excluding steroid dienone is 1. The molecule has 0 saturated carbocycles. The van der Waals surface area contributed by atoms with Gasteiger partial charge >= 0.3 is 0 Å². The molecule has 0 atom stereocenters. The lowest BCUT2D eigenvalue weighted by molar-refractivity contribution is -0.0482. The second-order valence-electron chi connectivity index (χ2n) is 5.04. The second-order valence-corrected chi connectivity index (χ2v) is 5.04. The zero-order valence-electron chi connectivity index (χ0n) is 12.6. The van der Waals surface area contributed by atoms with Crippen LogP contribution in [0.4, 0.5) is 0 Å². The van der Waals surface area contributed by atoms with E-state index in [1.54, 1.807) is 25.6 Å². The van der Waals surface area contributed by atoms with E-state index in [9.17, 15) is 4.79 Å². The van der Waals surface area contributed by atoms with Crippen molar-refractivity contribution in [2.45, 2.75) is 32.9 Å². The number of rotatable bonds is 6. The molecule has 0 aromatic carbocycles. The molecule has 0 radical (unpaired) electrons. The fourth-order valence-electron chi connectivity index (χ4n) is 1.81. The minimum Gasteiger partial charge on any atom is -0.383 e. The van der Waals surface area contributed by atoms with Gasteiger partial charge in [0.1, 0.15) is 17.2 Å². The highest BCUT2D eigenvalue weighted by molar-refractivity contribution is 6.03. The van der Waals surface area contributed by atoms with Crippen LogP contribution in [0.25, 0.3) is 0 Å². The number of aryl methyl sites for hydroxylation is 1. The van der Waals surface area contributed by atoms with E-state index in [1.807, 2.05) is 44.3 Å². The Morgan fingerprint density at radius 3 is 2.63 bits per heavy atom. The normalized spacial score (nSPS) is 12.1. The van der Waals surface area contributed by atoms with Crippen LogP contribution in [0.2, 0.25) is 0 Å². The van der Waals surface area contributed by atoms with Crippen LogP contribution in [-0.2, 0) is 16.9 Å². The van der Waals surface area contributed by atoms with Crippen molar-refractivity contribution >= 4 is 5.78 Å². The molecule has 0 bridgehead atoms. The van der Waals surface area contributed by atoms with Crippen LogP contribution in [0.3, 0.4) is 0 Å². The molecule has 1 aromatic heterocycles. The molecule has 0 unspecified atom stereocenters. The van der Waals surface area contributed by atoms with E-state index >= 15 is 0 Å². The SMILES string of the molecule is CCc1ncc(C(=O)C=CN(C)C)n1C(C)(C)OC. The van der Waals surface area contributed by atoms with E-state index in [-0.39, 0.29) is 5.78 Å². The summed E-state index contributed by atoms with van der Waals surface area (Å²) >= 11 is 0. The van der Waals surface area contributed by atoms with E-state index in [0.717, 1.165) is 12.2 Å². The molecular formula is C14H23N3O2. The fraction of sp³-hybridized carbons (Fsp3) is 0.571. The zero-order chi connectivity index (χ0) is 14.6. The van der Waals surface area contributed by atoms with Gasteiger partial charge in [0.25, 0.3) is 0 Å². The first-order valence-corrected chi connectivity index (χ1v) is 6.34. The summed E-state index contributed by atoms with van der Waals surface area (Å²) in [5.74, 6) is 0.763.